The van der Waals surface area contributed by atoms with Crippen LogP contribution in [-0.4, -0.2) is 37.0 Å². The highest BCUT2D eigenvalue weighted by atomic mass is 16.2. The van der Waals surface area contributed by atoms with Gasteiger partial charge in [0.15, 0.2) is 0 Å². The smallest absolute Gasteiger partial charge is 0.251 e. The zero-order valence-corrected chi connectivity index (χ0v) is 14.8. The largest absolute Gasteiger partial charge is 0.353 e. The van der Waals surface area contributed by atoms with Gasteiger partial charge in [-0.15, -0.1) is 0 Å². The first kappa shape index (κ1) is 19.2. The second-order valence-corrected chi connectivity index (χ2v) is 6.27. The van der Waals surface area contributed by atoms with Crippen molar-refractivity contribution in [2.45, 2.75) is 46.7 Å². The number of likely N-dealkylation sites (N-methyl/N-ethyl adjacent to an activating group) is 1. The van der Waals surface area contributed by atoms with Crippen LogP contribution in [-0.2, 0) is 4.79 Å². The van der Waals surface area contributed by atoms with Crippen molar-refractivity contribution < 1.29 is 9.59 Å². The van der Waals surface area contributed by atoms with Crippen molar-refractivity contribution in [2.75, 3.05) is 13.1 Å². The normalized spacial score (nSPS) is 13.5. The monoisotopic (exact) mass is 319 g/mol. The number of benzene rings is 1. The predicted octanol–water partition coefficient (Wildman–Crippen LogP) is 1.86. The number of carbonyl (C=O) groups is 2. The van der Waals surface area contributed by atoms with Crippen LogP contribution in [0.5, 0.6) is 0 Å². The van der Waals surface area contributed by atoms with Gasteiger partial charge >= 0.3 is 0 Å². The third-order valence-corrected chi connectivity index (χ3v) is 3.65. The minimum Gasteiger partial charge on any atom is -0.353 e. The van der Waals surface area contributed by atoms with Crippen LogP contribution in [0.2, 0.25) is 0 Å². The molecule has 0 saturated heterocycles. The van der Waals surface area contributed by atoms with Gasteiger partial charge in [-0.1, -0.05) is 38.5 Å². The summed E-state index contributed by atoms with van der Waals surface area (Å²) in [7, 11) is 0. The van der Waals surface area contributed by atoms with Crippen LogP contribution in [0.25, 0.3) is 0 Å². The molecule has 2 atom stereocenters. The van der Waals surface area contributed by atoms with Crippen molar-refractivity contribution >= 4 is 11.8 Å². The predicted molar refractivity (Wildman–Crippen MR) is 93.4 cm³/mol. The maximum atomic E-state index is 12.4. The number of aryl methyl sites for hydroxylation is 1. The Morgan fingerprint density at radius 2 is 1.87 bits per heavy atom. The Bertz CT molecular complexity index is 529. The molecule has 0 radical (unpaired) electrons. The van der Waals surface area contributed by atoms with Gasteiger partial charge in [-0.05, 0) is 38.4 Å². The van der Waals surface area contributed by atoms with Crippen molar-refractivity contribution in [1.29, 1.82) is 0 Å². The second kappa shape index (κ2) is 9.30. The molecule has 0 aliphatic rings. The van der Waals surface area contributed by atoms with E-state index < -0.39 is 6.04 Å². The lowest BCUT2D eigenvalue weighted by Crippen LogP contribution is -2.51. The van der Waals surface area contributed by atoms with E-state index in [-0.39, 0.29) is 23.8 Å². The van der Waals surface area contributed by atoms with Crippen LogP contribution in [0.3, 0.4) is 0 Å². The Balaban J connectivity index is 2.67. The molecule has 1 rings (SSSR count). The van der Waals surface area contributed by atoms with Gasteiger partial charge in [0, 0.05) is 18.2 Å². The molecule has 1 unspecified atom stereocenters. The van der Waals surface area contributed by atoms with E-state index >= 15 is 0 Å². The van der Waals surface area contributed by atoms with Gasteiger partial charge in [0.1, 0.15) is 6.04 Å². The van der Waals surface area contributed by atoms with Crippen LogP contribution in [0.1, 0.15) is 43.6 Å². The highest BCUT2D eigenvalue weighted by Crippen LogP contribution is 2.07. The second-order valence-electron chi connectivity index (χ2n) is 6.27. The zero-order chi connectivity index (χ0) is 17.4. The molecular weight excluding hydrogens is 290 g/mol. The van der Waals surface area contributed by atoms with Gasteiger partial charge in [0.25, 0.3) is 5.91 Å². The average molecular weight is 319 g/mol. The third kappa shape index (κ3) is 6.40. The topological polar surface area (TPSA) is 70.2 Å². The van der Waals surface area contributed by atoms with E-state index in [2.05, 4.69) is 16.0 Å². The van der Waals surface area contributed by atoms with E-state index in [1.165, 1.54) is 0 Å². The van der Waals surface area contributed by atoms with Gasteiger partial charge in [-0.3, -0.25) is 9.59 Å². The number of nitrogens with one attached hydrogen (secondary N) is 3. The SMILES string of the molecule is CCN[C@H](C)CNC(=O)C(NC(=O)c1cccc(C)c1)C(C)C. The number of carbonyl (C=O) groups excluding carboxylic acids is 2. The summed E-state index contributed by atoms with van der Waals surface area (Å²) in [6.45, 7) is 11.2. The van der Waals surface area contributed by atoms with Gasteiger partial charge in [-0.25, -0.2) is 0 Å². The van der Waals surface area contributed by atoms with Gasteiger partial charge < -0.3 is 16.0 Å². The fourth-order valence-electron chi connectivity index (χ4n) is 2.33. The molecule has 0 aromatic heterocycles. The molecule has 1 aromatic carbocycles. The Morgan fingerprint density at radius 3 is 2.43 bits per heavy atom. The van der Waals surface area contributed by atoms with Gasteiger partial charge in [-0.2, -0.15) is 0 Å². The standard InChI is InChI=1S/C18H29N3O2/c1-6-19-14(5)11-20-18(23)16(12(2)3)21-17(22)15-9-7-8-13(4)10-15/h7-10,12,14,16,19H,6,11H2,1-5H3,(H,20,23)(H,21,22)/t14-,16?/m1/s1. The molecule has 0 aliphatic carbocycles. The summed E-state index contributed by atoms with van der Waals surface area (Å²) in [6.07, 6.45) is 0. The third-order valence-electron chi connectivity index (χ3n) is 3.65. The number of amides is 2. The molecule has 5 nitrogen and oxygen atoms in total. The molecule has 0 saturated carbocycles. The molecular formula is C18H29N3O2. The van der Waals surface area contributed by atoms with E-state index in [0.717, 1.165) is 12.1 Å². The van der Waals surface area contributed by atoms with Crippen LogP contribution in [0.15, 0.2) is 24.3 Å². The van der Waals surface area contributed by atoms with E-state index in [9.17, 15) is 9.59 Å². The summed E-state index contributed by atoms with van der Waals surface area (Å²) in [4.78, 5) is 24.7. The van der Waals surface area contributed by atoms with E-state index in [1.54, 1.807) is 6.07 Å². The Morgan fingerprint density at radius 1 is 1.17 bits per heavy atom. The number of rotatable bonds is 8. The molecule has 2 amide bonds. The molecule has 5 heteroatoms. The van der Waals surface area contributed by atoms with E-state index in [0.29, 0.717) is 12.1 Å². The van der Waals surface area contributed by atoms with E-state index in [1.807, 2.05) is 52.8 Å². The first-order valence-electron chi connectivity index (χ1n) is 8.23. The number of hydrogen-bond donors (Lipinski definition) is 3. The summed E-state index contributed by atoms with van der Waals surface area (Å²) in [5, 5.41) is 8.98. The highest BCUT2D eigenvalue weighted by Gasteiger charge is 2.24. The fraction of sp³-hybridized carbons (Fsp3) is 0.556. The van der Waals surface area contributed by atoms with Gasteiger partial charge in [0.05, 0.1) is 0 Å². The van der Waals surface area contributed by atoms with Crippen molar-refractivity contribution in [3.63, 3.8) is 0 Å². The van der Waals surface area contributed by atoms with Crippen LogP contribution < -0.4 is 16.0 Å². The summed E-state index contributed by atoms with van der Waals surface area (Å²) in [5.41, 5.74) is 1.59. The minimum atomic E-state index is -0.545. The van der Waals surface area contributed by atoms with Crippen molar-refractivity contribution in [3.05, 3.63) is 35.4 Å². The lowest BCUT2D eigenvalue weighted by Gasteiger charge is -2.23. The first-order valence-corrected chi connectivity index (χ1v) is 8.23. The Labute approximate surface area is 139 Å². The van der Waals surface area contributed by atoms with Crippen molar-refractivity contribution in [2.24, 2.45) is 5.92 Å². The number of hydrogen-bond acceptors (Lipinski definition) is 3. The fourth-order valence-corrected chi connectivity index (χ4v) is 2.33. The zero-order valence-electron chi connectivity index (χ0n) is 14.8. The molecule has 3 N–H and O–H groups in total. The average Bonchev–Trinajstić information content (AvgIpc) is 2.50. The molecule has 0 fully saturated rings. The summed E-state index contributed by atoms with van der Waals surface area (Å²) in [5.74, 6) is -0.355. The molecule has 128 valence electrons. The van der Waals surface area contributed by atoms with Crippen LogP contribution in [0.4, 0.5) is 0 Å². The minimum absolute atomic E-state index is 0.0122. The van der Waals surface area contributed by atoms with Crippen LogP contribution >= 0.6 is 0 Å². The quantitative estimate of drug-likeness (QED) is 0.685. The molecule has 23 heavy (non-hydrogen) atoms. The Kier molecular flexibility index (Phi) is 7.75. The summed E-state index contributed by atoms with van der Waals surface area (Å²) in [6, 6.07) is 7.00. The highest BCUT2D eigenvalue weighted by molar-refractivity contribution is 5.97. The van der Waals surface area contributed by atoms with Gasteiger partial charge in [0.2, 0.25) is 5.91 Å². The molecule has 0 bridgehead atoms. The maximum absolute atomic E-state index is 12.4. The van der Waals surface area contributed by atoms with E-state index in [4.69, 9.17) is 0 Å². The molecule has 0 spiro atoms. The lowest BCUT2D eigenvalue weighted by molar-refractivity contribution is -0.124. The Hall–Kier alpha value is -1.88. The molecule has 1 aromatic rings. The first-order chi connectivity index (χ1) is 10.8. The van der Waals surface area contributed by atoms with Crippen molar-refractivity contribution in [3.8, 4) is 0 Å². The molecule has 0 aliphatic heterocycles. The van der Waals surface area contributed by atoms with Crippen LogP contribution in [0, 0.1) is 12.8 Å². The maximum Gasteiger partial charge on any atom is 0.251 e. The summed E-state index contributed by atoms with van der Waals surface area (Å²) < 4.78 is 0. The molecule has 0 heterocycles. The van der Waals surface area contributed by atoms with Crippen molar-refractivity contribution in [1.82, 2.24) is 16.0 Å². The lowest BCUT2D eigenvalue weighted by atomic mass is 10.0. The summed E-state index contributed by atoms with van der Waals surface area (Å²) >= 11 is 0.